The Hall–Kier alpha value is -4.00. The first-order valence-corrected chi connectivity index (χ1v) is 11.9. The first kappa shape index (κ1) is 27.0. The Kier molecular flexibility index (Phi) is 8.25. The van der Waals surface area contributed by atoms with Crippen molar-refractivity contribution in [3.63, 3.8) is 0 Å². The molecule has 0 radical (unpaired) electrons. The SMILES string of the molecule is CC(C)(C)OC(=O)O[C@H]1CN[C@H](Cc2ccc(-c3cnco3)cc2)[C@@H]1OC(=O)NCc1cnn(C(F)F)c1. The Morgan fingerprint density at radius 3 is 2.58 bits per heavy atom. The van der Waals surface area contributed by atoms with Gasteiger partial charge >= 0.3 is 18.8 Å². The number of ether oxygens (including phenoxy) is 3. The number of alkyl carbamates (subject to hydrolysis) is 1. The van der Waals surface area contributed by atoms with Crippen LogP contribution in [-0.2, 0) is 27.2 Å². The van der Waals surface area contributed by atoms with E-state index in [-0.39, 0.29) is 19.1 Å². The lowest BCUT2D eigenvalue weighted by Gasteiger charge is -2.26. The van der Waals surface area contributed by atoms with E-state index in [4.69, 9.17) is 18.6 Å². The number of halogens is 2. The predicted molar refractivity (Wildman–Crippen MR) is 129 cm³/mol. The third-order valence-corrected chi connectivity index (χ3v) is 5.64. The summed E-state index contributed by atoms with van der Waals surface area (Å²) in [5.74, 6) is 0.637. The largest absolute Gasteiger partial charge is 0.509 e. The van der Waals surface area contributed by atoms with Crippen LogP contribution in [0.4, 0.5) is 18.4 Å². The summed E-state index contributed by atoms with van der Waals surface area (Å²) in [5.41, 5.74) is 1.41. The number of carbonyl (C=O) groups excluding carboxylic acids is 2. The van der Waals surface area contributed by atoms with E-state index in [0.717, 1.165) is 17.3 Å². The molecule has 2 N–H and O–H groups in total. The number of nitrogens with zero attached hydrogens (tertiary/aromatic N) is 3. The van der Waals surface area contributed by atoms with Crippen molar-refractivity contribution in [2.75, 3.05) is 6.54 Å². The van der Waals surface area contributed by atoms with E-state index < -0.39 is 36.6 Å². The fraction of sp³-hybridized carbons (Fsp3) is 0.440. The van der Waals surface area contributed by atoms with Crippen molar-refractivity contribution < 1.29 is 37.0 Å². The molecule has 0 spiro atoms. The molecule has 4 rings (SSSR count). The quantitative estimate of drug-likeness (QED) is 0.412. The molecule has 13 heteroatoms. The molecule has 1 aliphatic rings. The Labute approximate surface area is 217 Å². The average molecular weight is 534 g/mol. The van der Waals surface area contributed by atoms with Gasteiger partial charge in [0, 0.05) is 30.4 Å². The molecule has 0 unspecified atom stereocenters. The standard InChI is InChI=1S/C25H29F2N5O6/c1-25(2,3)38-24(34)36-20-12-29-18(8-15-4-6-17(7-5-15)19-11-28-14-35-19)21(20)37-23(33)30-9-16-10-31-32(13-16)22(26)27/h4-7,10-11,13-14,18,20-22,29H,8-9,12H2,1-3H3,(H,30,33)/t18-,20+,21+/m1/s1. The van der Waals surface area contributed by atoms with E-state index in [0.29, 0.717) is 22.4 Å². The van der Waals surface area contributed by atoms with Crippen LogP contribution in [0.15, 0.2) is 53.7 Å². The molecular formula is C25H29F2N5O6. The van der Waals surface area contributed by atoms with E-state index in [1.807, 2.05) is 24.3 Å². The summed E-state index contributed by atoms with van der Waals surface area (Å²) < 4.78 is 47.7. The molecule has 1 fully saturated rings. The van der Waals surface area contributed by atoms with Crippen LogP contribution < -0.4 is 10.6 Å². The number of hydrogen-bond acceptors (Lipinski definition) is 9. The number of oxazole rings is 1. The minimum absolute atomic E-state index is 0.0724. The summed E-state index contributed by atoms with van der Waals surface area (Å²) in [6.07, 6.45) is 2.45. The van der Waals surface area contributed by atoms with Gasteiger partial charge in [-0.15, -0.1) is 0 Å². The average Bonchev–Trinajstić information content (AvgIpc) is 3.60. The first-order chi connectivity index (χ1) is 18.1. The number of carbonyl (C=O) groups is 2. The predicted octanol–water partition coefficient (Wildman–Crippen LogP) is 4.06. The second-order valence-corrected chi connectivity index (χ2v) is 9.73. The minimum Gasteiger partial charge on any atom is -0.444 e. The zero-order valence-electron chi connectivity index (χ0n) is 21.1. The van der Waals surface area contributed by atoms with Gasteiger partial charge in [-0.25, -0.2) is 19.3 Å². The number of alkyl halides is 2. The van der Waals surface area contributed by atoms with E-state index in [2.05, 4.69) is 20.7 Å². The van der Waals surface area contributed by atoms with Crippen LogP contribution in [0.25, 0.3) is 11.3 Å². The van der Waals surface area contributed by atoms with Crippen molar-refractivity contribution in [3.8, 4) is 11.3 Å². The number of amides is 1. The highest BCUT2D eigenvalue weighted by Crippen LogP contribution is 2.24. The zero-order valence-corrected chi connectivity index (χ0v) is 21.1. The molecule has 0 bridgehead atoms. The lowest BCUT2D eigenvalue weighted by molar-refractivity contribution is -0.0518. The molecule has 3 heterocycles. The van der Waals surface area contributed by atoms with E-state index in [9.17, 15) is 18.4 Å². The number of rotatable bonds is 8. The van der Waals surface area contributed by atoms with Gasteiger partial charge in [0.15, 0.2) is 24.4 Å². The normalized spacial score (nSPS) is 19.4. The third-order valence-electron chi connectivity index (χ3n) is 5.64. The van der Waals surface area contributed by atoms with E-state index in [1.165, 1.54) is 12.6 Å². The van der Waals surface area contributed by atoms with Crippen LogP contribution in [0.1, 0.15) is 38.4 Å². The Bertz CT molecular complexity index is 1210. The molecule has 1 aromatic carbocycles. The Morgan fingerprint density at radius 1 is 1.18 bits per heavy atom. The third kappa shape index (κ3) is 7.28. The molecule has 0 aliphatic carbocycles. The zero-order chi connectivity index (χ0) is 27.3. The maximum absolute atomic E-state index is 12.7. The molecule has 38 heavy (non-hydrogen) atoms. The first-order valence-electron chi connectivity index (χ1n) is 11.9. The number of aromatic nitrogens is 3. The highest BCUT2D eigenvalue weighted by Gasteiger charge is 2.42. The molecule has 2 aromatic heterocycles. The van der Waals surface area contributed by atoms with Gasteiger partial charge in [-0.3, -0.25) is 0 Å². The van der Waals surface area contributed by atoms with Gasteiger partial charge in [0.25, 0.3) is 0 Å². The van der Waals surface area contributed by atoms with Crippen LogP contribution >= 0.6 is 0 Å². The Morgan fingerprint density at radius 2 is 1.95 bits per heavy atom. The minimum atomic E-state index is -2.78. The van der Waals surface area contributed by atoms with Gasteiger partial charge in [-0.1, -0.05) is 24.3 Å². The van der Waals surface area contributed by atoms with Crippen molar-refractivity contribution in [1.82, 2.24) is 25.4 Å². The van der Waals surface area contributed by atoms with Crippen molar-refractivity contribution in [2.45, 2.75) is 64.1 Å². The number of benzene rings is 1. The van der Waals surface area contributed by atoms with Crippen LogP contribution in [0.2, 0.25) is 0 Å². The molecule has 3 atom stereocenters. The van der Waals surface area contributed by atoms with Crippen LogP contribution in [0, 0.1) is 0 Å². The van der Waals surface area contributed by atoms with Crippen LogP contribution in [-0.4, -0.2) is 57.4 Å². The van der Waals surface area contributed by atoms with Gasteiger partial charge in [0.1, 0.15) is 5.60 Å². The molecule has 1 aliphatic heterocycles. The second kappa shape index (κ2) is 11.6. The van der Waals surface area contributed by atoms with E-state index in [1.54, 1.807) is 27.0 Å². The van der Waals surface area contributed by atoms with Crippen molar-refractivity contribution in [1.29, 1.82) is 0 Å². The molecule has 0 saturated carbocycles. The van der Waals surface area contributed by atoms with E-state index >= 15 is 0 Å². The fourth-order valence-electron chi connectivity index (χ4n) is 3.94. The maximum Gasteiger partial charge on any atom is 0.509 e. The van der Waals surface area contributed by atoms with Gasteiger partial charge in [0.05, 0.1) is 18.4 Å². The van der Waals surface area contributed by atoms with Gasteiger partial charge < -0.3 is 29.3 Å². The summed E-state index contributed by atoms with van der Waals surface area (Å²) in [5, 5.41) is 9.31. The van der Waals surface area contributed by atoms with Crippen LogP contribution in [0.5, 0.6) is 0 Å². The van der Waals surface area contributed by atoms with Gasteiger partial charge in [0.2, 0.25) is 0 Å². The Balaban J connectivity index is 1.42. The molecule has 1 amide bonds. The van der Waals surface area contributed by atoms with Crippen molar-refractivity contribution >= 4 is 12.2 Å². The molecule has 3 aromatic rings. The second-order valence-electron chi connectivity index (χ2n) is 9.73. The molecule has 11 nitrogen and oxygen atoms in total. The molecule has 1 saturated heterocycles. The number of hydrogen-bond donors (Lipinski definition) is 2. The fourth-order valence-corrected chi connectivity index (χ4v) is 3.94. The highest BCUT2D eigenvalue weighted by atomic mass is 19.3. The summed E-state index contributed by atoms with van der Waals surface area (Å²) in [7, 11) is 0. The number of nitrogens with one attached hydrogen (secondary N) is 2. The summed E-state index contributed by atoms with van der Waals surface area (Å²) in [6, 6.07) is 7.23. The lowest BCUT2D eigenvalue weighted by atomic mass is 10.00. The molecular weight excluding hydrogens is 504 g/mol. The topological polar surface area (TPSA) is 130 Å². The maximum atomic E-state index is 12.7. The summed E-state index contributed by atoms with van der Waals surface area (Å²) >= 11 is 0. The summed E-state index contributed by atoms with van der Waals surface area (Å²) in [6.45, 7) is 2.52. The smallest absolute Gasteiger partial charge is 0.444 e. The molecule has 204 valence electrons. The summed E-state index contributed by atoms with van der Waals surface area (Å²) in [4.78, 5) is 28.9. The van der Waals surface area contributed by atoms with Crippen molar-refractivity contribution in [2.24, 2.45) is 0 Å². The van der Waals surface area contributed by atoms with Gasteiger partial charge in [-0.2, -0.15) is 13.9 Å². The lowest BCUT2D eigenvalue weighted by Crippen LogP contribution is -2.43. The van der Waals surface area contributed by atoms with Gasteiger partial charge in [-0.05, 0) is 32.8 Å². The monoisotopic (exact) mass is 533 g/mol. The van der Waals surface area contributed by atoms with Crippen molar-refractivity contribution in [3.05, 3.63) is 60.4 Å². The highest BCUT2D eigenvalue weighted by molar-refractivity contribution is 5.67. The van der Waals surface area contributed by atoms with Crippen LogP contribution in [0.3, 0.4) is 0 Å².